The Morgan fingerprint density at radius 3 is 2.87 bits per heavy atom. The average molecular weight is 268 g/mol. The van der Waals surface area contributed by atoms with Gasteiger partial charge in [0.15, 0.2) is 5.75 Å². The van der Waals surface area contributed by atoms with E-state index in [1.54, 1.807) is 17.1 Å². The first kappa shape index (κ1) is 10.2. The van der Waals surface area contributed by atoms with Crippen LogP contribution in [0.15, 0.2) is 35.2 Å². The largest absolute Gasteiger partial charge is 0.484 e. The van der Waals surface area contributed by atoms with E-state index in [1.807, 2.05) is 25.4 Å². The molecule has 0 atom stereocenters. The van der Waals surface area contributed by atoms with Crippen molar-refractivity contribution in [1.82, 2.24) is 14.8 Å². The van der Waals surface area contributed by atoms with Crippen LogP contribution in [-0.2, 0) is 13.7 Å². The molecule has 0 saturated heterocycles. The molecular formula is C10H10BrN3O. The van der Waals surface area contributed by atoms with E-state index >= 15 is 0 Å². The SMILES string of the molecule is Cn1cc(OCc2ccc(Br)cn2)cn1. The lowest BCUT2D eigenvalue weighted by Gasteiger charge is -2.02. The number of ether oxygens (including phenoxy) is 1. The van der Waals surface area contributed by atoms with Gasteiger partial charge in [0.25, 0.3) is 0 Å². The summed E-state index contributed by atoms with van der Waals surface area (Å²) in [6.07, 6.45) is 5.25. The van der Waals surface area contributed by atoms with Gasteiger partial charge in [-0.15, -0.1) is 0 Å². The zero-order valence-electron chi connectivity index (χ0n) is 8.22. The molecule has 2 heterocycles. The molecule has 0 aliphatic carbocycles. The molecule has 78 valence electrons. The maximum atomic E-state index is 5.49. The second-order valence-corrected chi connectivity index (χ2v) is 4.02. The van der Waals surface area contributed by atoms with Crippen molar-refractivity contribution in [2.45, 2.75) is 6.61 Å². The van der Waals surface area contributed by atoms with Gasteiger partial charge in [-0.3, -0.25) is 9.67 Å². The number of hydrogen-bond acceptors (Lipinski definition) is 3. The highest BCUT2D eigenvalue weighted by Crippen LogP contribution is 2.11. The second kappa shape index (κ2) is 4.44. The van der Waals surface area contributed by atoms with Crippen LogP contribution in [0.25, 0.3) is 0 Å². The van der Waals surface area contributed by atoms with Gasteiger partial charge in [-0.2, -0.15) is 5.10 Å². The molecule has 0 amide bonds. The number of aromatic nitrogens is 3. The molecule has 0 aromatic carbocycles. The summed E-state index contributed by atoms with van der Waals surface area (Å²) in [6.45, 7) is 0.457. The van der Waals surface area contributed by atoms with Crippen LogP contribution in [0.1, 0.15) is 5.69 Å². The topological polar surface area (TPSA) is 39.9 Å². The third kappa shape index (κ3) is 2.79. The third-order valence-electron chi connectivity index (χ3n) is 1.86. The van der Waals surface area contributed by atoms with Crippen LogP contribution < -0.4 is 4.74 Å². The monoisotopic (exact) mass is 267 g/mol. The minimum absolute atomic E-state index is 0.457. The van der Waals surface area contributed by atoms with E-state index in [-0.39, 0.29) is 0 Å². The standard InChI is InChI=1S/C10H10BrN3O/c1-14-6-10(5-13-14)15-7-9-3-2-8(11)4-12-9/h2-6H,7H2,1H3. The number of pyridine rings is 1. The van der Waals surface area contributed by atoms with E-state index in [9.17, 15) is 0 Å². The van der Waals surface area contributed by atoms with Gasteiger partial charge in [-0.1, -0.05) is 0 Å². The van der Waals surface area contributed by atoms with E-state index < -0.39 is 0 Å². The molecule has 0 N–H and O–H groups in total. The van der Waals surface area contributed by atoms with Crippen molar-refractivity contribution in [3.05, 3.63) is 40.9 Å². The summed E-state index contributed by atoms with van der Waals surface area (Å²) in [5, 5.41) is 4.01. The van der Waals surface area contributed by atoms with Crippen molar-refractivity contribution in [3.8, 4) is 5.75 Å². The fourth-order valence-electron chi connectivity index (χ4n) is 1.12. The second-order valence-electron chi connectivity index (χ2n) is 3.11. The molecular weight excluding hydrogens is 258 g/mol. The first-order valence-electron chi connectivity index (χ1n) is 4.46. The van der Waals surface area contributed by atoms with E-state index in [4.69, 9.17) is 4.74 Å². The molecule has 0 radical (unpaired) electrons. The predicted molar refractivity (Wildman–Crippen MR) is 59.5 cm³/mol. The molecule has 15 heavy (non-hydrogen) atoms. The van der Waals surface area contributed by atoms with Gasteiger partial charge in [0.2, 0.25) is 0 Å². The zero-order chi connectivity index (χ0) is 10.7. The van der Waals surface area contributed by atoms with Crippen LogP contribution in [0.2, 0.25) is 0 Å². The van der Waals surface area contributed by atoms with Gasteiger partial charge in [0.05, 0.1) is 18.1 Å². The molecule has 0 bridgehead atoms. The molecule has 0 fully saturated rings. The van der Waals surface area contributed by atoms with Crippen molar-refractivity contribution in [2.24, 2.45) is 7.05 Å². The summed E-state index contributed by atoms with van der Waals surface area (Å²) in [6, 6.07) is 3.86. The number of halogens is 1. The minimum Gasteiger partial charge on any atom is -0.484 e. The zero-order valence-corrected chi connectivity index (χ0v) is 9.81. The quantitative estimate of drug-likeness (QED) is 0.856. The molecule has 2 rings (SSSR count). The Balaban J connectivity index is 1.96. The molecule has 0 aliphatic heterocycles. The highest BCUT2D eigenvalue weighted by Gasteiger charge is 1.98. The summed E-state index contributed by atoms with van der Waals surface area (Å²) in [5.74, 6) is 0.752. The Morgan fingerprint density at radius 1 is 1.40 bits per heavy atom. The fourth-order valence-corrected chi connectivity index (χ4v) is 1.36. The molecule has 5 heteroatoms. The summed E-state index contributed by atoms with van der Waals surface area (Å²) >= 11 is 3.33. The van der Waals surface area contributed by atoms with E-state index in [0.717, 1.165) is 15.9 Å². The van der Waals surface area contributed by atoms with Gasteiger partial charge < -0.3 is 4.74 Å². The van der Waals surface area contributed by atoms with E-state index in [1.165, 1.54) is 0 Å². The van der Waals surface area contributed by atoms with Gasteiger partial charge >= 0.3 is 0 Å². The Morgan fingerprint density at radius 2 is 2.27 bits per heavy atom. The molecule has 4 nitrogen and oxygen atoms in total. The Hall–Kier alpha value is -1.36. The average Bonchev–Trinajstić information content (AvgIpc) is 2.64. The number of hydrogen-bond donors (Lipinski definition) is 0. The lowest BCUT2D eigenvalue weighted by molar-refractivity contribution is 0.301. The predicted octanol–water partition coefficient (Wildman–Crippen LogP) is 2.16. The van der Waals surface area contributed by atoms with E-state index in [2.05, 4.69) is 26.0 Å². The van der Waals surface area contributed by atoms with Crippen molar-refractivity contribution in [1.29, 1.82) is 0 Å². The first-order chi connectivity index (χ1) is 7.24. The molecule has 0 unspecified atom stereocenters. The molecule has 2 aromatic rings. The fraction of sp³-hybridized carbons (Fsp3) is 0.200. The Bertz CT molecular complexity index is 438. The van der Waals surface area contributed by atoms with Gasteiger partial charge in [0, 0.05) is 17.7 Å². The maximum Gasteiger partial charge on any atom is 0.157 e. The Labute approximate surface area is 96.0 Å². The normalized spacial score (nSPS) is 10.3. The van der Waals surface area contributed by atoms with Crippen LogP contribution in [0.3, 0.4) is 0 Å². The van der Waals surface area contributed by atoms with Crippen molar-refractivity contribution >= 4 is 15.9 Å². The van der Waals surface area contributed by atoms with Crippen LogP contribution in [0.4, 0.5) is 0 Å². The smallest absolute Gasteiger partial charge is 0.157 e. The van der Waals surface area contributed by atoms with Crippen LogP contribution in [0.5, 0.6) is 5.75 Å². The first-order valence-corrected chi connectivity index (χ1v) is 5.25. The molecule has 0 saturated carbocycles. The third-order valence-corrected chi connectivity index (χ3v) is 2.33. The molecule has 0 spiro atoms. The number of nitrogens with zero attached hydrogens (tertiary/aromatic N) is 3. The molecule has 2 aromatic heterocycles. The van der Waals surface area contributed by atoms with Crippen LogP contribution in [-0.4, -0.2) is 14.8 Å². The number of aryl methyl sites for hydroxylation is 1. The van der Waals surface area contributed by atoms with Crippen molar-refractivity contribution in [3.63, 3.8) is 0 Å². The van der Waals surface area contributed by atoms with Crippen molar-refractivity contribution < 1.29 is 4.74 Å². The minimum atomic E-state index is 0.457. The van der Waals surface area contributed by atoms with Crippen LogP contribution in [0, 0.1) is 0 Å². The lowest BCUT2D eigenvalue weighted by atomic mass is 10.4. The Kier molecular flexibility index (Phi) is 3.01. The van der Waals surface area contributed by atoms with Gasteiger partial charge in [-0.05, 0) is 28.1 Å². The highest BCUT2D eigenvalue weighted by molar-refractivity contribution is 9.10. The summed E-state index contributed by atoms with van der Waals surface area (Å²) in [5.41, 5.74) is 0.891. The molecule has 0 aliphatic rings. The highest BCUT2D eigenvalue weighted by atomic mass is 79.9. The maximum absolute atomic E-state index is 5.49. The summed E-state index contributed by atoms with van der Waals surface area (Å²) in [7, 11) is 1.85. The van der Waals surface area contributed by atoms with E-state index in [0.29, 0.717) is 6.61 Å². The number of rotatable bonds is 3. The van der Waals surface area contributed by atoms with Crippen LogP contribution >= 0.6 is 15.9 Å². The summed E-state index contributed by atoms with van der Waals surface area (Å²) < 4.78 is 8.16. The van der Waals surface area contributed by atoms with Gasteiger partial charge in [0.1, 0.15) is 6.61 Å². The van der Waals surface area contributed by atoms with Gasteiger partial charge in [-0.25, -0.2) is 0 Å². The van der Waals surface area contributed by atoms with Crippen molar-refractivity contribution in [2.75, 3.05) is 0 Å². The lowest BCUT2D eigenvalue weighted by Crippen LogP contribution is -1.96. The summed E-state index contributed by atoms with van der Waals surface area (Å²) in [4.78, 5) is 4.20.